The number of hydrogen-bond acceptors (Lipinski definition) is 3. The summed E-state index contributed by atoms with van der Waals surface area (Å²) in [5.41, 5.74) is 1.82. The van der Waals surface area contributed by atoms with Crippen molar-refractivity contribution in [3.8, 4) is 5.75 Å². The summed E-state index contributed by atoms with van der Waals surface area (Å²) < 4.78 is 6.02. The van der Waals surface area contributed by atoms with Crippen LogP contribution in [0.3, 0.4) is 0 Å². The summed E-state index contributed by atoms with van der Waals surface area (Å²) in [6.07, 6.45) is 0. The monoisotopic (exact) mass is 363 g/mol. The highest BCUT2D eigenvalue weighted by molar-refractivity contribution is 9.10. The van der Waals surface area contributed by atoms with Gasteiger partial charge in [0.2, 0.25) is 0 Å². The van der Waals surface area contributed by atoms with Gasteiger partial charge in [-0.15, -0.1) is 0 Å². The lowest BCUT2D eigenvalue weighted by Crippen LogP contribution is -2.14. The lowest BCUT2D eigenvalue weighted by atomic mass is 10.1. The molecule has 0 aliphatic heterocycles. The third kappa shape index (κ3) is 3.46. The van der Waals surface area contributed by atoms with Gasteiger partial charge in [0.15, 0.2) is 0 Å². The highest BCUT2D eigenvalue weighted by Gasteiger charge is 2.15. The molecule has 2 aromatic carbocycles. The summed E-state index contributed by atoms with van der Waals surface area (Å²) in [5.74, 6) is -0.973. The number of aromatic carboxylic acids is 1. The zero-order valence-electron chi connectivity index (χ0n) is 12.0. The van der Waals surface area contributed by atoms with Gasteiger partial charge in [-0.25, -0.2) is 4.79 Å². The molecule has 6 heteroatoms. The molecule has 0 radical (unpaired) electrons. The van der Waals surface area contributed by atoms with Crippen LogP contribution in [0.1, 0.15) is 26.3 Å². The molecule has 0 heterocycles. The second-order valence-corrected chi connectivity index (χ2v) is 5.50. The third-order valence-electron chi connectivity index (χ3n) is 3.09. The van der Waals surface area contributed by atoms with Crippen molar-refractivity contribution < 1.29 is 19.4 Å². The Hall–Kier alpha value is -2.34. The van der Waals surface area contributed by atoms with E-state index in [-0.39, 0.29) is 11.5 Å². The van der Waals surface area contributed by atoms with Gasteiger partial charge < -0.3 is 15.2 Å². The van der Waals surface area contributed by atoms with Gasteiger partial charge in [-0.2, -0.15) is 0 Å². The Balaban J connectivity index is 2.31. The Labute approximate surface area is 136 Å². The Morgan fingerprint density at radius 1 is 1.23 bits per heavy atom. The second kappa shape index (κ2) is 6.62. The first-order valence-electron chi connectivity index (χ1n) is 6.41. The topological polar surface area (TPSA) is 75.6 Å². The summed E-state index contributed by atoms with van der Waals surface area (Å²) in [6.45, 7) is 1.89. The maximum absolute atomic E-state index is 12.4. The van der Waals surface area contributed by atoms with Crippen molar-refractivity contribution >= 4 is 33.5 Å². The molecule has 0 aromatic heterocycles. The van der Waals surface area contributed by atoms with E-state index >= 15 is 0 Å². The fourth-order valence-corrected chi connectivity index (χ4v) is 2.27. The molecule has 0 aliphatic rings. The molecule has 0 aliphatic carbocycles. The van der Waals surface area contributed by atoms with Crippen LogP contribution in [0.5, 0.6) is 5.75 Å². The molecule has 114 valence electrons. The van der Waals surface area contributed by atoms with Crippen molar-refractivity contribution in [3.05, 3.63) is 57.6 Å². The van der Waals surface area contributed by atoms with Crippen molar-refractivity contribution in [3.63, 3.8) is 0 Å². The van der Waals surface area contributed by atoms with Crippen LogP contribution >= 0.6 is 15.9 Å². The number of carbonyl (C=O) groups is 2. The number of aryl methyl sites for hydroxylation is 1. The molecule has 2 rings (SSSR count). The number of methoxy groups -OCH3 is 1. The van der Waals surface area contributed by atoms with E-state index in [0.717, 1.165) is 10.0 Å². The zero-order chi connectivity index (χ0) is 16.3. The molecule has 0 unspecified atom stereocenters. The van der Waals surface area contributed by atoms with Crippen molar-refractivity contribution in [2.24, 2.45) is 0 Å². The number of anilines is 1. The largest absolute Gasteiger partial charge is 0.496 e. The van der Waals surface area contributed by atoms with Gasteiger partial charge in [0.1, 0.15) is 5.75 Å². The molecule has 1 amide bonds. The maximum Gasteiger partial charge on any atom is 0.335 e. The third-order valence-corrected chi connectivity index (χ3v) is 3.95. The van der Waals surface area contributed by atoms with Crippen molar-refractivity contribution in [1.82, 2.24) is 0 Å². The van der Waals surface area contributed by atoms with Crippen LogP contribution in [-0.2, 0) is 0 Å². The van der Waals surface area contributed by atoms with Gasteiger partial charge in [-0.1, -0.05) is 22.0 Å². The maximum atomic E-state index is 12.4. The standard InChI is InChI=1S/C16H14BrNO4/c1-9-6-14(22-2)12(8-13(9)17)15(19)18-11-5-3-4-10(7-11)16(20)21/h3-8H,1-2H3,(H,18,19)(H,20,21). The average molecular weight is 364 g/mol. The molecular weight excluding hydrogens is 350 g/mol. The van der Waals surface area contributed by atoms with Crippen LogP contribution in [0.4, 0.5) is 5.69 Å². The van der Waals surface area contributed by atoms with Crippen LogP contribution in [0.15, 0.2) is 40.9 Å². The van der Waals surface area contributed by atoms with Crippen LogP contribution < -0.4 is 10.1 Å². The molecular formula is C16H14BrNO4. The highest BCUT2D eigenvalue weighted by atomic mass is 79.9. The summed E-state index contributed by atoms with van der Waals surface area (Å²) in [6, 6.07) is 9.48. The van der Waals surface area contributed by atoms with Crippen LogP contribution in [0, 0.1) is 6.92 Å². The number of halogens is 1. The molecule has 0 spiro atoms. The predicted octanol–water partition coefficient (Wildman–Crippen LogP) is 3.72. The summed E-state index contributed by atoms with van der Waals surface area (Å²) >= 11 is 3.38. The molecule has 0 atom stereocenters. The Morgan fingerprint density at radius 3 is 2.59 bits per heavy atom. The molecule has 2 aromatic rings. The molecule has 22 heavy (non-hydrogen) atoms. The predicted molar refractivity (Wildman–Crippen MR) is 86.8 cm³/mol. The minimum atomic E-state index is -1.05. The van der Waals surface area contributed by atoms with E-state index in [4.69, 9.17) is 9.84 Å². The number of carboxylic acids is 1. The lowest BCUT2D eigenvalue weighted by molar-refractivity contribution is 0.0696. The van der Waals surface area contributed by atoms with Crippen LogP contribution in [-0.4, -0.2) is 24.1 Å². The van der Waals surface area contributed by atoms with Gasteiger partial charge in [0.05, 0.1) is 18.2 Å². The zero-order valence-corrected chi connectivity index (χ0v) is 13.6. The van der Waals surface area contributed by atoms with Crippen molar-refractivity contribution in [1.29, 1.82) is 0 Å². The number of rotatable bonds is 4. The van der Waals surface area contributed by atoms with E-state index in [9.17, 15) is 9.59 Å². The summed E-state index contributed by atoms with van der Waals surface area (Å²) in [7, 11) is 1.49. The van der Waals surface area contributed by atoms with Gasteiger partial charge >= 0.3 is 5.97 Å². The van der Waals surface area contributed by atoms with E-state index in [1.807, 2.05) is 6.92 Å². The van der Waals surface area contributed by atoms with E-state index in [2.05, 4.69) is 21.2 Å². The van der Waals surface area contributed by atoms with E-state index in [1.54, 1.807) is 24.3 Å². The summed E-state index contributed by atoms with van der Waals surface area (Å²) in [5, 5.41) is 11.6. The summed E-state index contributed by atoms with van der Waals surface area (Å²) in [4.78, 5) is 23.3. The number of hydrogen-bond donors (Lipinski definition) is 2. The molecule has 0 fully saturated rings. The van der Waals surface area contributed by atoms with Crippen molar-refractivity contribution in [2.45, 2.75) is 6.92 Å². The average Bonchev–Trinajstić information content (AvgIpc) is 2.49. The second-order valence-electron chi connectivity index (χ2n) is 4.64. The van der Waals surface area contributed by atoms with Crippen LogP contribution in [0.2, 0.25) is 0 Å². The molecule has 0 saturated heterocycles. The number of ether oxygens (including phenoxy) is 1. The first kappa shape index (κ1) is 16.0. The van der Waals surface area contributed by atoms with E-state index in [0.29, 0.717) is 17.0 Å². The fraction of sp³-hybridized carbons (Fsp3) is 0.125. The first-order valence-corrected chi connectivity index (χ1v) is 7.20. The number of nitrogens with one attached hydrogen (secondary N) is 1. The normalized spacial score (nSPS) is 10.1. The molecule has 0 saturated carbocycles. The van der Waals surface area contributed by atoms with Gasteiger partial charge in [0.25, 0.3) is 5.91 Å². The number of carbonyl (C=O) groups excluding carboxylic acids is 1. The molecule has 0 bridgehead atoms. The Bertz CT molecular complexity index is 743. The quantitative estimate of drug-likeness (QED) is 0.867. The van der Waals surface area contributed by atoms with Gasteiger partial charge in [0, 0.05) is 10.2 Å². The van der Waals surface area contributed by atoms with Crippen LogP contribution in [0.25, 0.3) is 0 Å². The molecule has 5 nitrogen and oxygen atoms in total. The highest BCUT2D eigenvalue weighted by Crippen LogP contribution is 2.27. The number of carboxylic acid groups (broad SMARTS) is 1. The van der Waals surface area contributed by atoms with E-state index in [1.165, 1.54) is 19.2 Å². The number of benzene rings is 2. The molecule has 2 N–H and O–H groups in total. The minimum Gasteiger partial charge on any atom is -0.496 e. The van der Waals surface area contributed by atoms with Crippen molar-refractivity contribution in [2.75, 3.05) is 12.4 Å². The fourth-order valence-electron chi connectivity index (χ4n) is 1.93. The van der Waals surface area contributed by atoms with Gasteiger partial charge in [-0.05, 0) is 42.8 Å². The SMILES string of the molecule is COc1cc(C)c(Br)cc1C(=O)Nc1cccc(C(=O)O)c1. The first-order chi connectivity index (χ1) is 10.4. The minimum absolute atomic E-state index is 0.106. The van der Waals surface area contributed by atoms with Gasteiger partial charge in [-0.3, -0.25) is 4.79 Å². The lowest BCUT2D eigenvalue weighted by Gasteiger charge is -2.12. The Morgan fingerprint density at radius 2 is 1.95 bits per heavy atom. The smallest absolute Gasteiger partial charge is 0.335 e. The Kier molecular flexibility index (Phi) is 4.82. The number of amides is 1. The van der Waals surface area contributed by atoms with E-state index < -0.39 is 5.97 Å².